The summed E-state index contributed by atoms with van der Waals surface area (Å²) in [4.78, 5) is 30.0. The van der Waals surface area contributed by atoms with E-state index in [9.17, 15) is 9.59 Å². The molecule has 0 saturated heterocycles. The van der Waals surface area contributed by atoms with Gasteiger partial charge >= 0.3 is 0 Å². The van der Waals surface area contributed by atoms with E-state index < -0.39 is 0 Å². The van der Waals surface area contributed by atoms with Crippen LogP contribution in [0.3, 0.4) is 0 Å². The third-order valence-corrected chi connectivity index (χ3v) is 5.93. The van der Waals surface area contributed by atoms with Gasteiger partial charge in [0.05, 0.1) is 33.1 Å². The van der Waals surface area contributed by atoms with E-state index in [2.05, 4.69) is 10.3 Å². The van der Waals surface area contributed by atoms with Gasteiger partial charge in [0.25, 0.3) is 5.56 Å². The lowest BCUT2D eigenvalue weighted by Gasteiger charge is -2.19. The highest BCUT2D eigenvalue weighted by atomic mass is 32.2. The van der Waals surface area contributed by atoms with Crippen molar-refractivity contribution in [1.82, 2.24) is 9.55 Å². The van der Waals surface area contributed by atoms with Crippen molar-refractivity contribution in [2.24, 2.45) is 0 Å². The van der Waals surface area contributed by atoms with Crippen LogP contribution in [0.1, 0.15) is 38.9 Å². The number of thioether (sulfide) groups is 1. The normalized spacial score (nSPS) is 15.5. The Labute approximate surface area is 179 Å². The number of nitrogens with zero attached hydrogens (tertiary/aromatic N) is 2. The number of hydrogen-bond donors (Lipinski definition) is 1. The summed E-state index contributed by atoms with van der Waals surface area (Å²) in [6.07, 6.45) is 0.160. The summed E-state index contributed by atoms with van der Waals surface area (Å²) in [6, 6.07) is 4.65. The molecule has 0 fully saturated rings. The standard InChI is InChI=1S/C21H27N3O5S/c1-21(2,3)16-10-18(26)24-13(11-30-20(24)23-16)9-17(25)22-12-7-14(27-4)19(29-6)15(8-12)28-5/h7-8,10,13H,9,11H2,1-6H3,(H,22,25). The highest BCUT2D eigenvalue weighted by Crippen LogP contribution is 2.40. The second kappa shape index (κ2) is 8.59. The molecule has 1 N–H and O–H groups in total. The molecule has 0 bridgehead atoms. The van der Waals surface area contributed by atoms with E-state index in [1.165, 1.54) is 33.1 Å². The predicted octanol–water partition coefficient (Wildman–Crippen LogP) is 3.24. The highest BCUT2D eigenvalue weighted by Gasteiger charge is 2.29. The second-order valence-electron chi connectivity index (χ2n) is 8.01. The van der Waals surface area contributed by atoms with Gasteiger partial charge in [-0.15, -0.1) is 0 Å². The van der Waals surface area contributed by atoms with E-state index in [-0.39, 0.29) is 29.3 Å². The molecule has 1 unspecified atom stereocenters. The Balaban J connectivity index is 1.79. The average Bonchev–Trinajstić information content (AvgIpc) is 3.09. The summed E-state index contributed by atoms with van der Waals surface area (Å²) >= 11 is 1.50. The van der Waals surface area contributed by atoms with Gasteiger partial charge in [0, 0.05) is 41.5 Å². The van der Waals surface area contributed by atoms with Crippen molar-refractivity contribution in [3.05, 3.63) is 34.2 Å². The lowest BCUT2D eigenvalue weighted by atomic mass is 9.92. The first-order valence-corrected chi connectivity index (χ1v) is 10.5. The topological polar surface area (TPSA) is 91.7 Å². The average molecular weight is 434 g/mol. The summed E-state index contributed by atoms with van der Waals surface area (Å²) in [5, 5.41) is 3.52. The molecule has 9 heteroatoms. The van der Waals surface area contributed by atoms with E-state index in [4.69, 9.17) is 14.2 Å². The first-order chi connectivity index (χ1) is 14.2. The number of benzene rings is 1. The van der Waals surface area contributed by atoms with E-state index in [1.54, 1.807) is 22.8 Å². The molecule has 30 heavy (non-hydrogen) atoms. The van der Waals surface area contributed by atoms with Crippen LogP contribution in [0, 0.1) is 0 Å². The van der Waals surface area contributed by atoms with Crippen LogP contribution >= 0.6 is 11.8 Å². The molecule has 1 aliphatic heterocycles. The molecule has 1 aromatic heterocycles. The zero-order valence-electron chi connectivity index (χ0n) is 18.1. The quantitative estimate of drug-likeness (QED) is 0.699. The Morgan fingerprint density at radius 1 is 1.17 bits per heavy atom. The fourth-order valence-corrected chi connectivity index (χ4v) is 4.42. The van der Waals surface area contributed by atoms with E-state index in [0.717, 1.165) is 5.69 Å². The molecule has 2 heterocycles. The van der Waals surface area contributed by atoms with Crippen LogP contribution in [0.2, 0.25) is 0 Å². The van der Waals surface area contributed by atoms with Crippen molar-refractivity contribution in [1.29, 1.82) is 0 Å². The third kappa shape index (κ3) is 4.40. The zero-order chi connectivity index (χ0) is 22.1. The van der Waals surface area contributed by atoms with Crippen LogP contribution in [0.4, 0.5) is 5.69 Å². The molecule has 1 aliphatic rings. The molecule has 1 amide bonds. The molecular weight excluding hydrogens is 406 g/mol. The molecule has 3 rings (SSSR count). The maximum absolute atomic E-state index is 12.7. The van der Waals surface area contributed by atoms with Crippen molar-refractivity contribution in [3.8, 4) is 17.2 Å². The van der Waals surface area contributed by atoms with E-state index in [1.807, 2.05) is 20.8 Å². The number of aromatic nitrogens is 2. The molecule has 0 spiro atoms. The second-order valence-corrected chi connectivity index (χ2v) is 9.00. The van der Waals surface area contributed by atoms with Crippen molar-refractivity contribution >= 4 is 23.4 Å². The largest absolute Gasteiger partial charge is 0.493 e. The monoisotopic (exact) mass is 433 g/mol. The summed E-state index contributed by atoms with van der Waals surface area (Å²) in [7, 11) is 4.55. The first-order valence-electron chi connectivity index (χ1n) is 9.54. The fourth-order valence-electron chi connectivity index (χ4n) is 3.27. The van der Waals surface area contributed by atoms with Crippen molar-refractivity contribution < 1.29 is 19.0 Å². The van der Waals surface area contributed by atoms with Crippen molar-refractivity contribution in [3.63, 3.8) is 0 Å². The molecule has 1 atom stereocenters. The minimum Gasteiger partial charge on any atom is -0.493 e. The van der Waals surface area contributed by atoms with Crippen LogP contribution in [0.25, 0.3) is 0 Å². The van der Waals surface area contributed by atoms with Gasteiger partial charge in [0.1, 0.15) is 0 Å². The highest BCUT2D eigenvalue weighted by molar-refractivity contribution is 7.99. The van der Waals surface area contributed by atoms with E-state index >= 15 is 0 Å². The lowest BCUT2D eigenvalue weighted by Crippen LogP contribution is -2.29. The van der Waals surface area contributed by atoms with Crippen LogP contribution < -0.4 is 25.1 Å². The Kier molecular flexibility index (Phi) is 6.30. The maximum Gasteiger partial charge on any atom is 0.254 e. The lowest BCUT2D eigenvalue weighted by molar-refractivity contribution is -0.116. The number of fused-ring (bicyclic) bond motifs is 1. The summed E-state index contributed by atoms with van der Waals surface area (Å²) in [5.74, 6) is 1.76. The van der Waals surface area contributed by atoms with Gasteiger partial charge in [0.2, 0.25) is 11.7 Å². The zero-order valence-corrected chi connectivity index (χ0v) is 18.9. The van der Waals surface area contributed by atoms with Gasteiger partial charge in [-0.25, -0.2) is 4.98 Å². The van der Waals surface area contributed by atoms with Gasteiger partial charge in [0.15, 0.2) is 16.7 Å². The van der Waals surface area contributed by atoms with Gasteiger partial charge in [-0.1, -0.05) is 32.5 Å². The minimum atomic E-state index is -0.249. The minimum absolute atomic E-state index is 0.125. The molecule has 8 nitrogen and oxygen atoms in total. The molecule has 0 radical (unpaired) electrons. The van der Waals surface area contributed by atoms with E-state index in [0.29, 0.717) is 33.8 Å². The smallest absolute Gasteiger partial charge is 0.254 e. The number of amides is 1. The predicted molar refractivity (Wildman–Crippen MR) is 116 cm³/mol. The van der Waals surface area contributed by atoms with Crippen LogP contribution in [0.15, 0.2) is 28.2 Å². The fraction of sp³-hybridized carbons (Fsp3) is 0.476. The van der Waals surface area contributed by atoms with Crippen molar-refractivity contribution in [2.45, 2.75) is 43.8 Å². The van der Waals surface area contributed by atoms with Crippen LogP contribution in [0.5, 0.6) is 17.2 Å². The van der Waals surface area contributed by atoms with Gasteiger partial charge in [-0.2, -0.15) is 0 Å². The van der Waals surface area contributed by atoms with Gasteiger partial charge in [-0.3, -0.25) is 14.2 Å². The molecule has 1 aromatic carbocycles. The molecule has 0 aliphatic carbocycles. The molecular formula is C21H27N3O5S. The van der Waals surface area contributed by atoms with Gasteiger partial charge < -0.3 is 19.5 Å². The Morgan fingerprint density at radius 2 is 1.80 bits per heavy atom. The number of carbonyl (C=O) groups excluding carboxylic acids is 1. The number of methoxy groups -OCH3 is 3. The number of nitrogens with one attached hydrogen (secondary N) is 1. The Hall–Kier alpha value is -2.68. The SMILES string of the molecule is COc1cc(NC(=O)CC2CSc3nc(C(C)(C)C)cc(=O)n32)cc(OC)c1OC. The maximum atomic E-state index is 12.7. The van der Waals surface area contributed by atoms with Crippen LogP contribution in [-0.4, -0.2) is 42.5 Å². The number of hydrogen-bond acceptors (Lipinski definition) is 7. The van der Waals surface area contributed by atoms with Crippen LogP contribution in [-0.2, 0) is 10.2 Å². The Bertz CT molecular complexity index is 988. The number of rotatable bonds is 6. The number of ether oxygens (including phenoxy) is 3. The number of anilines is 1. The first kappa shape index (κ1) is 22.0. The summed E-state index contributed by atoms with van der Waals surface area (Å²) in [5.41, 5.74) is 0.945. The summed E-state index contributed by atoms with van der Waals surface area (Å²) in [6.45, 7) is 6.06. The Morgan fingerprint density at radius 3 is 2.33 bits per heavy atom. The number of carbonyl (C=O) groups is 1. The molecule has 0 saturated carbocycles. The summed E-state index contributed by atoms with van der Waals surface area (Å²) < 4.78 is 17.6. The van der Waals surface area contributed by atoms with Gasteiger partial charge in [-0.05, 0) is 0 Å². The molecule has 162 valence electrons. The third-order valence-electron chi connectivity index (χ3n) is 4.83. The van der Waals surface area contributed by atoms with Crippen molar-refractivity contribution in [2.75, 3.05) is 32.4 Å². The molecule has 2 aromatic rings.